The molecule has 3 N–H and O–H groups in total. The van der Waals surface area contributed by atoms with E-state index in [0.29, 0.717) is 5.92 Å². The zero-order valence-corrected chi connectivity index (χ0v) is 19.2. The van der Waals surface area contributed by atoms with Crippen LogP contribution < -0.4 is 10.6 Å². The summed E-state index contributed by atoms with van der Waals surface area (Å²) >= 11 is 0. The van der Waals surface area contributed by atoms with E-state index in [1.807, 2.05) is 18.5 Å². The lowest BCUT2D eigenvalue weighted by Crippen LogP contribution is -2.35. The van der Waals surface area contributed by atoms with Crippen LogP contribution in [0.4, 0.5) is 11.5 Å². The van der Waals surface area contributed by atoms with Gasteiger partial charge >= 0.3 is 0 Å². The zero-order valence-electron chi connectivity index (χ0n) is 19.2. The molecule has 172 valence electrons. The van der Waals surface area contributed by atoms with Gasteiger partial charge in [0.1, 0.15) is 0 Å². The first-order valence-electron chi connectivity index (χ1n) is 12.5. The molecule has 1 fully saturated rings. The van der Waals surface area contributed by atoms with Gasteiger partial charge in [-0.1, -0.05) is 24.3 Å². The van der Waals surface area contributed by atoms with Crippen molar-refractivity contribution in [2.75, 3.05) is 11.4 Å². The molecule has 1 atom stereocenters. The molecule has 0 amide bonds. The molecule has 1 aromatic carbocycles. The van der Waals surface area contributed by atoms with Gasteiger partial charge in [-0.2, -0.15) is 5.10 Å². The van der Waals surface area contributed by atoms with Crippen LogP contribution in [0.25, 0.3) is 11.2 Å². The van der Waals surface area contributed by atoms with Crippen LogP contribution in [0.2, 0.25) is 0 Å². The van der Waals surface area contributed by atoms with Crippen LogP contribution in [0, 0.1) is 5.41 Å². The van der Waals surface area contributed by atoms with E-state index in [1.54, 1.807) is 0 Å². The fraction of sp³-hybridized carbons (Fsp3) is 0.407. The SMILES string of the molecule is NC1c2ccccc2CC12CCC(c1cnc3c(N4CCCc5ncccc54)n[nH]c3n1)CC2. The molecule has 1 unspecified atom stereocenters. The minimum absolute atomic E-state index is 0.148. The normalized spacial score (nSPS) is 26.1. The fourth-order valence-electron chi connectivity index (χ4n) is 6.59. The van der Waals surface area contributed by atoms with Gasteiger partial charge in [-0.05, 0) is 73.6 Å². The van der Waals surface area contributed by atoms with Crippen LogP contribution in [0.1, 0.15) is 66.6 Å². The summed E-state index contributed by atoms with van der Waals surface area (Å²) in [6, 6.07) is 13.0. The van der Waals surface area contributed by atoms with Crippen LogP contribution >= 0.6 is 0 Å². The first kappa shape index (κ1) is 20.1. The highest BCUT2D eigenvalue weighted by atomic mass is 15.3. The van der Waals surface area contributed by atoms with Crippen LogP contribution in [0.5, 0.6) is 0 Å². The summed E-state index contributed by atoms with van der Waals surface area (Å²) in [6.07, 6.45) is 11.5. The predicted octanol–water partition coefficient (Wildman–Crippen LogP) is 4.73. The maximum Gasteiger partial charge on any atom is 0.183 e. The number of fused-ring (bicyclic) bond motifs is 3. The van der Waals surface area contributed by atoms with Gasteiger partial charge in [0, 0.05) is 30.9 Å². The first-order valence-corrected chi connectivity index (χ1v) is 12.5. The van der Waals surface area contributed by atoms with E-state index in [9.17, 15) is 0 Å². The minimum Gasteiger partial charge on any atom is -0.323 e. The molecule has 3 aliphatic rings. The predicted molar refractivity (Wildman–Crippen MR) is 132 cm³/mol. The number of pyridine rings is 1. The van der Waals surface area contributed by atoms with Crippen molar-refractivity contribution < 1.29 is 0 Å². The summed E-state index contributed by atoms with van der Waals surface area (Å²) in [5, 5.41) is 7.78. The maximum absolute atomic E-state index is 6.77. The van der Waals surface area contributed by atoms with Crippen molar-refractivity contribution in [3.05, 3.63) is 71.3 Å². The van der Waals surface area contributed by atoms with Crippen molar-refractivity contribution in [2.24, 2.45) is 11.1 Å². The second-order valence-corrected chi connectivity index (χ2v) is 10.3. The van der Waals surface area contributed by atoms with E-state index >= 15 is 0 Å². The van der Waals surface area contributed by atoms with Crippen molar-refractivity contribution >= 4 is 22.7 Å². The summed E-state index contributed by atoms with van der Waals surface area (Å²) in [5.74, 6) is 1.27. The molecule has 7 heteroatoms. The molecule has 3 aromatic heterocycles. The van der Waals surface area contributed by atoms with Gasteiger partial charge < -0.3 is 10.6 Å². The van der Waals surface area contributed by atoms with E-state index in [0.717, 1.165) is 85.5 Å². The quantitative estimate of drug-likeness (QED) is 0.457. The number of aromatic nitrogens is 5. The minimum atomic E-state index is 0.148. The number of anilines is 2. The standard InChI is InChI=1S/C27H29N7/c28-24-19-6-2-1-5-18(19)15-27(24)11-9-17(10-12-27)21-16-30-23-25(31-21)32-33-26(23)34-14-4-7-20-22(34)8-3-13-29-20/h1-3,5-6,8,13,16-17,24H,4,7,9-12,14-15,28H2,(H,31,32,33). The topological polar surface area (TPSA) is 96.6 Å². The van der Waals surface area contributed by atoms with Gasteiger partial charge in [0.05, 0.1) is 17.1 Å². The van der Waals surface area contributed by atoms with Gasteiger partial charge in [-0.3, -0.25) is 10.1 Å². The highest BCUT2D eigenvalue weighted by Gasteiger charge is 2.46. The Morgan fingerprint density at radius 2 is 1.94 bits per heavy atom. The largest absolute Gasteiger partial charge is 0.323 e. The molecule has 1 saturated carbocycles. The number of hydrogen-bond acceptors (Lipinski definition) is 6. The number of hydrogen-bond donors (Lipinski definition) is 2. The fourth-order valence-corrected chi connectivity index (χ4v) is 6.59. The Labute approximate surface area is 198 Å². The summed E-state index contributed by atoms with van der Waals surface area (Å²) in [5.41, 5.74) is 14.7. The highest BCUT2D eigenvalue weighted by Crippen LogP contribution is 2.55. The van der Waals surface area contributed by atoms with Crippen LogP contribution in [0.3, 0.4) is 0 Å². The van der Waals surface area contributed by atoms with E-state index in [2.05, 4.69) is 50.4 Å². The maximum atomic E-state index is 6.77. The molecular weight excluding hydrogens is 422 g/mol. The van der Waals surface area contributed by atoms with Gasteiger partial charge in [0.25, 0.3) is 0 Å². The lowest BCUT2D eigenvalue weighted by Gasteiger charge is -2.40. The second kappa shape index (κ2) is 7.60. The molecule has 4 heterocycles. The van der Waals surface area contributed by atoms with Crippen LogP contribution in [-0.2, 0) is 12.8 Å². The Hall–Kier alpha value is -3.32. The summed E-state index contributed by atoms with van der Waals surface area (Å²) < 4.78 is 0. The number of H-pyrrole nitrogens is 1. The molecule has 34 heavy (non-hydrogen) atoms. The van der Waals surface area contributed by atoms with E-state index in [4.69, 9.17) is 15.7 Å². The molecule has 0 bridgehead atoms. The third-order valence-electron chi connectivity index (χ3n) is 8.47. The number of aryl methyl sites for hydroxylation is 1. The Kier molecular flexibility index (Phi) is 4.49. The Morgan fingerprint density at radius 3 is 2.82 bits per heavy atom. The molecule has 1 aliphatic heterocycles. The van der Waals surface area contributed by atoms with E-state index in [1.165, 1.54) is 11.1 Å². The number of benzene rings is 1. The lowest BCUT2D eigenvalue weighted by atomic mass is 9.66. The number of rotatable bonds is 2. The number of nitrogens with zero attached hydrogens (tertiary/aromatic N) is 5. The number of aromatic amines is 1. The molecule has 7 nitrogen and oxygen atoms in total. The average molecular weight is 452 g/mol. The van der Waals surface area contributed by atoms with Gasteiger partial charge in [0.2, 0.25) is 0 Å². The third-order valence-corrected chi connectivity index (χ3v) is 8.47. The third kappa shape index (κ3) is 2.99. The molecule has 0 radical (unpaired) electrons. The molecule has 4 aromatic rings. The lowest BCUT2D eigenvalue weighted by molar-refractivity contribution is 0.148. The Bertz CT molecular complexity index is 1370. The Morgan fingerprint density at radius 1 is 1.06 bits per heavy atom. The molecule has 7 rings (SSSR count). The summed E-state index contributed by atoms with van der Waals surface area (Å²) in [4.78, 5) is 16.6. The van der Waals surface area contributed by atoms with Crippen molar-refractivity contribution in [2.45, 2.75) is 56.9 Å². The van der Waals surface area contributed by atoms with Crippen molar-refractivity contribution in [1.82, 2.24) is 25.1 Å². The molecule has 1 spiro atoms. The Balaban J connectivity index is 1.13. The average Bonchev–Trinajstić information content (AvgIpc) is 3.43. The highest BCUT2D eigenvalue weighted by molar-refractivity contribution is 5.86. The number of nitrogens with one attached hydrogen (secondary N) is 1. The zero-order chi connectivity index (χ0) is 22.7. The van der Waals surface area contributed by atoms with Gasteiger partial charge in [0.15, 0.2) is 17.0 Å². The van der Waals surface area contributed by atoms with Gasteiger partial charge in [-0.25, -0.2) is 9.97 Å². The smallest absolute Gasteiger partial charge is 0.183 e. The molecule has 2 aliphatic carbocycles. The monoisotopic (exact) mass is 451 g/mol. The van der Waals surface area contributed by atoms with Crippen LogP contribution in [0.15, 0.2) is 48.8 Å². The van der Waals surface area contributed by atoms with Crippen molar-refractivity contribution in [1.29, 1.82) is 0 Å². The van der Waals surface area contributed by atoms with Gasteiger partial charge in [-0.15, -0.1) is 0 Å². The first-order chi connectivity index (χ1) is 16.7. The van der Waals surface area contributed by atoms with Crippen LogP contribution in [-0.4, -0.2) is 31.7 Å². The summed E-state index contributed by atoms with van der Waals surface area (Å²) in [7, 11) is 0. The van der Waals surface area contributed by atoms with E-state index in [-0.39, 0.29) is 11.5 Å². The van der Waals surface area contributed by atoms with E-state index < -0.39 is 0 Å². The molecular formula is C27H29N7. The van der Waals surface area contributed by atoms with Crippen molar-refractivity contribution in [3.63, 3.8) is 0 Å². The second-order valence-electron chi connectivity index (χ2n) is 10.3. The number of nitrogens with two attached hydrogens (primary N) is 1. The summed E-state index contributed by atoms with van der Waals surface area (Å²) in [6.45, 7) is 0.912. The molecule has 0 saturated heterocycles. The van der Waals surface area contributed by atoms with Crippen molar-refractivity contribution in [3.8, 4) is 0 Å².